The van der Waals surface area contributed by atoms with E-state index in [4.69, 9.17) is 9.84 Å². The van der Waals surface area contributed by atoms with Gasteiger partial charge >= 0.3 is 5.97 Å². The van der Waals surface area contributed by atoms with E-state index in [1.807, 2.05) is 30.3 Å². The van der Waals surface area contributed by atoms with Crippen molar-refractivity contribution >= 4 is 11.9 Å². The molecule has 5 heteroatoms. The first-order valence-electron chi connectivity index (χ1n) is 6.33. The smallest absolute Gasteiger partial charge is 0.303 e. The zero-order valence-corrected chi connectivity index (χ0v) is 10.6. The Bertz CT molecular complexity index is 446. The van der Waals surface area contributed by atoms with Gasteiger partial charge in [0.1, 0.15) is 6.10 Å². The Balaban J connectivity index is 1.94. The highest BCUT2D eigenvalue weighted by atomic mass is 16.5. The van der Waals surface area contributed by atoms with Crippen LogP contribution >= 0.6 is 0 Å². The van der Waals surface area contributed by atoms with Crippen molar-refractivity contribution in [2.24, 2.45) is 0 Å². The number of carbonyl (C=O) groups excluding carboxylic acids is 1. The molecule has 5 nitrogen and oxygen atoms in total. The summed E-state index contributed by atoms with van der Waals surface area (Å²) in [5.74, 6) is -1.02. The van der Waals surface area contributed by atoms with Crippen LogP contribution in [0.25, 0.3) is 0 Å². The van der Waals surface area contributed by atoms with Crippen molar-refractivity contribution in [2.75, 3.05) is 13.2 Å². The van der Waals surface area contributed by atoms with E-state index in [1.165, 1.54) is 0 Å². The molecule has 0 aliphatic carbocycles. The van der Waals surface area contributed by atoms with Gasteiger partial charge in [-0.25, -0.2) is 0 Å². The molecule has 0 aromatic heterocycles. The Morgan fingerprint density at radius 3 is 2.79 bits per heavy atom. The number of aliphatic carboxylic acids is 1. The zero-order chi connectivity index (χ0) is 13.7. The van der Waals surface area contributed by atoms with E-state index < -0.39 is 12.1 Å². The van der Waals surface area contributed by atoms with Gasteiger partial charge in [0.05, 0.1) is 6.61 Å². The summed E-state index contributed by atoms with van der Waals surface area (Å²) in [5, 5.41) is 8.65. The van der Waals surface area contributed by atoms with Crippen LogP contribution in [0.5, 0.6) is 0 Å². The first-order valence-corrected chi connectivity index (χ1v) is 6.33. The van der Waals surface area contributed by atoms with Crippen LogP contribution < -0.4 is 0 Å². The minimum atomic E-state index is -0.906. The number of rotatable bonds is 5. The Morgan fingerprint density at radius 2 is 2.11 bits per heavy atom. The highest BCUT2D eigenvalue weighted by Gasteiger charge is 2.29. The predicted molar refractivity (Wildman–Crippen MR) is 68.5 cm³/mol. The van der Waals surface area contributed by atoms with Gasteiger partial charge in [-0.15, -0.1) is 0 Å². The first-order chi connectivity index (χ1) is 9.16. The topological polar surface area (TPSA) is 66.8 Å². The van der Waals surface area contributed by atoms with E-state index in [0.717, 1.165) is 5.56 Å². The average molecular weight is 263 g/mol. The number of benzene rings is 1. The lowest BCUT2D eigenvalue weighted by Gasteiger charge is -2.32. The van der Waals surface area contributed by atoms with E-state index in [0.29, 0.717) is 19.7 Å². The number of hydrogen-bond acceptors (Lipinski definition) is 3. The molecule has 102 valence electrons. The quantitative estimate of drug-likeness (QED) is 0.869. The Morgan fingerprint density at radius 1 is 1.37 bits per heavy atom. The summed E-state index contributed by atoms with van der Waals surface area (Å²) < 4.78 is 5.35. The highest BCUT2D eigenvalue weighted by molar-refractivity contribution is 5.82. The standard InChI is InChI=1S/C14H17NO4/c16-13(17)7-6-12-14(18)15(8-9-19-12)10-11-4-2-1-3-5-11/h1-5,12H,6-10H2,(H,16,17). The van der Waals surface area contributed by atoms with E-state index in [1.54, 1.807) is 4.90 Å². The molecule has 0 radical (unpaired) electrons. The maximum atomic E-state index is 12.2. The zero-order valence-electron chi connectivity index (χ0n) is 10.6. The van der Waals surface area contributed by atoms with E-state index in [9.17, 15) is 9.59 Å². The summed E-state index contributed by atoms with van der Waals surface area (Å²) in [4.78, 5) is 24.4. The summed E-state index contributed by atoms with van der Waals surface area (Å²) in [5.41, 5.74) is 1.06. The second kappa shape index (κ2) is 6.33. The number of hydrogen-bond donors (Lipinski definition) is 1. The van der Waals surface area contributed by atoms with Crippen molar-refractivity contribution < 1.29 is 19.4 Å². The molecular formula is C14H17NO4. The number of morpholine rings is 1. The Labute approximate surface area is 111 Å². The van der Waals surface area contributed by atoms with Gasteiger partial charge in [0.25, 0.3) is 5.91 Å². The van der Waals surface area contributed by atoms with Gasteiger partial charge in [0, 0.05) is 19.5 Å². The normalized spacial score (nSPS) is 19.5. The van der Waals surface area contributed by atoms with Gasteiger partial charge < -0.3 is 14.7 Å². The highest BCUT2D eigenvalue weighted by Crippen LogP contribution is 2.15. The fourth-order valence-electron chi connectivity index (χ4n) is 2.11. The molecule has 0 saturated carbocycles. The minimum Gasteiger partial charge on any atom is -0.481 e. The maximum Gasteiger partial charge on any atom is 0.303 e. The van der Waals surface area contributed by atoms with Crippen LogP contribution in [0.4, 0.5) is 0 Å². The van der Waals surface area contributed by atoms with Crippen LogP contribution in [-0.4, -0.2) is 41.1 Å². The van der Waals surface area contributed by atoms with Crippen LogP contribution in [0.1, 0.15) is 18.4 Å². The molecule has 1 fully saturated rings. The molecule has 1 heterocycles. The average Bonchev–Trinajstić information content (AvgIpc) is 2.41. The Kier molecular flexibility index (Phi) is 4.52. The Hall–Kier alpha value is -1.88. The van der Waals surface area contributed by atoms with Crippen molar-refractivity contribution in [1.82, 2.24) is 4.90 Å². The molecule has 1 saturated heterocycles. The fourth-order valence-corrected chi connectivity index (χ4v) is 2.11. The summed E-state index contributed by atoms with van der Waals surface area (Å²) in [6.45, 7) is 1.56. The third-order valence-corrected chi connectivity index (χ3v) is 3.10. The van der Waals surface area contributed by atoms with Crippen LogP contribution in [0.2, 0.25) is 0 Å². The predicted octanol–water partition coefficient (Wildman–Crippen LogP) is 1.28. The fraction of sp³-hybridized carbons (Fsp3) is 0.429. The molecule has 1 unspecified atom stereocenters. The molecule has 1 aromatic carbocycles. The number of amides is 1. The summed E-state index contributed by atoms with van der Waals surface area (Å²) in [6, 6.07) is 9.73. The number of carboxylic acids is 1. The number of carbonyl (C=O) groups is 2. The lowest BCUT2D eigenvalue weighted by molar-refractivity contribution is -0.155. The maximum absolute atomic E-state index is 12.2. The third-order valence-electron chi connectivity index (χ3n) is 3.10. The first kappa shape index (κ1) is 13.5. The van der Waals surface area contributed by atoms with Gasteiger partial charge in [0.15, 0.2) is 0 Å². The molecule has 2 rings (SSSR count). The second-order valence-electron chi connectivity index (χ2n) is 4.54. The SMILES string of the molecule is O=C(O)CCC1OCCN(Cc2ccccc2)C1=O. The van der Waals surface area contributed by atoms with Gasteiger partial charge in [0.2, 0.25) is 0 Å². The monoisotopic (exact) mass is 263 g/mol. The van der Waals surface area contributed by atoms with Crippen molar-refractivity contribution in [3.05, 3.63) is 35.9 Å². The number of ether oxygens (including phenoxy) is 1. The number of carboxylic acid groups (broad SMARTS) is 1. The van der Waals surface area contributed by atoms with Gasteiger partial charge in [-0.05, 0) is 12.0 Å². The lowest BCUT2D eigenvalue weighted by Crippen LogP contribution is -2.47. The summed E-state index contributed by atoms with van der Waals surface area (Å²) >= 11 is 0. The minimum absolute atomic E-state index is 0.0460. The van der Waals surface area contributed by atoms with Crippen LogP contribution in [-0.2, 0) is 20.9 Å². The molecule has 1 aliphatic heterocycles. The molecule has 19 heavy (non-hydrogen) atoms. The third kappa shape index (κ3) is 3.79. The van der Waals surface area contributed by atoms with Crippen molar-refractivity contribution in [3.63, 3.8) is 0 Å². The lowest BCUT2D eigenvalue weighted by atomic mass is 10.1. The molecule has 1 N–H and O–H groups in total. The van der Waals surface area contributed by atoms with E-state index in [-0.39, 0.29) is 18.7 Å². The van der Waals surface area contributed by atoms with Gasteiger partial charge in [-0.3, -0.25) is 9.59 Å². The molecule has 1 atom stereocenters. The number of nitrogens with zero attached hydrogens (tertiary/aromatic N) is 1. The summed E-state index contributed by atoms with van der Waals surface area (Å²) in [7, 11) is 0. The van der Waals surface area contributed by atoms with Gasteiger partial charge in [-0.1, -0.05) is 30.3 Å². The molecule has 1 amide bonds. The molecule has 0 spiro atoms. The van der Waals surface area contributed by atoms with E-state index in [2.05, 4.69) is 0 Å². The molecular weight excluding hydrogens is 246 g/mol. The van der Waals surface area contributed by atoms with Crippen LogP contribution in [0.3, 0.4) is 0 Å². The molecule has 1 aliphatic rings. The van der Waals surface area contributed by atoms with E-state index >= 15 is 0 Å². The van der Waals surface area contributed by atoms with Crippen molar-refractivity contribution in [3.8, 4) is 0 Å². The molecule has 1 aromatic rings. The van der Waals surface area contributed by atoms with Crippen molar-refractivity contribution in [1.29, 1.82) is 0 Å². The van der Waals surface area contributed by atoms with Crippen LogP contribution in [0.15, 0.2) is 30.3 Å². The largest absolute Gasteiger partial charge is 0.481 e. The van der Waals surface area contributed by atoms with Crippen LogP contribution in [0, 0.1) is 0 Å². The van der Waals surface area contributed by atoms with Gasteiger partial charge in [-0.2, -0.15) is 0 Å². The van der Waals surface area contributed by atoms with Crippen molar-refractivity contribution in [2.45, 2.75) is 25.5 Å². The second-order valence-corrected chi connectivity index (χ2v) is 4.54. The molecule has 0 bridgehead atoms. The summed E-state index contributed by atoms with van der Waals surface area (Å²) in [6.07, 6.45) is -0.428.